The summed E-state index contributed by atoms with van der Waals surface area (Å²) in [6.07, 6.45) is 3.52. The van der Waals surface area contributed by atoms with E-state index in [0.29, 0.717) is 12.0 Å². The highest BCUT2D eigenvalue weighted by molar-refractivity contribution is 5.37. The molecule has 1 saturated carbocycles. The Kier molecular flexibility index (Phi) is 4.65. The van der Waals surface area contributed by atoms with Gasteiger partial charge in [0.05, 0.1) is 4.92 Å². The van der Waals surface area contributed by atoms with Crippen LogP contribution in [-0.4, -0.2) is 11.5 Å². The number of nitro groups is 1. The van der Waals surface area contributed by atoms with E-state index < -0.39 is 22.2 Å². The van der Waals surface area contributed by atoms with Crippen molar-refractivity contribution in [3.63, 3.8) is 0 Å². The van der Waals surface area contributed by atoms with Crippen LogP contribution in [0.15, 0.2) is 12.1 Å². The van der Waals surface area contributed by atoms with Gasteiger partial charge < -0.3 is 5.32 Å². The molecule has 0 saturated heterocycles. The zero-order valence-corrected chi connectivity index (χ0v) is 11.4. The second kappa shape index (κ2) is 6.26. The number of nitro benzene ring substituents is 1. The molecule has 0 radical (unpaired) electrons. The van der Waals surface area contributed by atoms with Crippen LogP contribution < -0.4 is 5.32 Å². The number of rotatable bonds is 5. The second-order valence-electron chi connectivity index (χ2n) is 5.57. The number of halogens is 2. The molecule has 0 heterocycles. The molecular weight excluding hydrogens is 266 g/mol. The fourth-order valence-corrected chi connectivity index (χ4v) is 2.78. The molecule has 6 heteroatoms. The third kappa shape index (κ3) is 3.50. The van der Waals surface area contributed by atoms with Gasteiger partial charge in [-0.25, -0.2) is 4.39 Å². The molecule has 2 rings (SSSR count). The molecule has 1 N–H and O–H groups in total. The molecule has 1 aliphatic rings. The summed E-state index contributed by atoms with van der Waals surface area (Å²) < 4.78 is 26.7. The van der Waals surface area contributed by atoms with Crippen molar-refractivity contribution in [1.29, 1.82) is 0 Å². The third-order valence-corrected chi connectivity index (χ3v) is 3.86. The van der Waals surface area contributed by atoms with Crippen molar-refractivity contribution >= 4 is 5.69 Å². The molecule has 2 unspecified atom stereocenters. The van der Waals surface area contributed by atoms with Gasteiger partial charge in [-0.05, 0) is 31.2 Å². The summed E-state index contributed by atoms with van der Waals surface area (Å²) in [5.74, 6) is -0.588. The Labute approximate surface area is 116 Å². The minimum absolute atomic E-state index is 0.129. The topological polar surface area (TPSA) is 55.2 Å². The zero-order valence-electron chi connectivity index (χ0n) is 11.4. The predicted molar refractivity (Wildman–Crippen MR) is 71.2 cm³/mol. The van der Waals surface area contributed by atoms with Gasteiger partial charge in [-0.2, -0.15) is 4.39 Å². The first-order chi connectivity index (χ1) is 9.47. The van der Waals surface area contributed by atoms with Gasteiger partial charge >= 0.3 is 5.69 Å². The van der Waals surface area contributed by atoms with E-state index in [2.05, 4.69) is 12.2 Å². The standard InChI is InChI=1S/C14H18F2N2O2/c1-9-2-3-10(4-9)7-17-8-11-5-14(18(19)20)13(16)6-12(11)15/h5-6,9-10,17H,2-4,7-8H2,1H3. The largest absolute Gasteiger partial charge is 0.312 e. The van der Waals surface area contributed by atoms with Crippen LogP contribution in [0.1, 0.15) is 31.7 Å². The van der Waals surface area contributed by atoms with Crippen molar-refractivity contribution in [1.82, 2.24) is 5.32 Å². The second-order valence-corrected chi connectivity index (χ2v) is 5.57. The van der Waals surface area contributed by atoms with Gasteiger partial charge in [0, 0.05) is 24.2 Å². The van der Waals surface area contributed by atoms with Crippen molar-refractivity contribution in [3.05, 3.63) is 39.4 Å². The molecule has 1 aromatic rings. The summed E-state index contributed by atoms with van der Waals surface area (Å²) >= 11 is 0. The van der Waals surface area contributed by atoms with Crippen LogP contribution in [0.4, 0.5) is 14.5 Å². The molecule has 4 nitrogen and oxygen atoms in total. The number of hydrogen-bond acceptors (Lipinski definition) is 3. The number of nitrogens with zero attached hydrogens (tertiary/aromatic N) is 1. The lowest BCUT2D eigenvalue weighted by Gasteiger charge is -2.11. The maximum Gasteiger partial charge on any atom is 0.305 e. The Morgan fingerprint density at radius 2 is 2.10 bits per heavy atom. The summed E-state index contributed by atoms with van der Waals surface area (Å²) in [6, 6.07) is 1.54. The summed E-state index contributed by atoms with van der Waals surface area (Å²) in [6.45, 7) is 3.15. The average Bonchev–Trinajstić information content (AvgIpc) is 2.77. The molecule has 1 aliphatic carbocycles. The first-order valence-electron chi connectivity index (χ1n) is 6.80. The summed E-state index contributed by atoms with van der Waals surface area (Å²) in [7, 11) is 0. The first kappa shape index (κ1) is 14.8. The normalized spacial score (nSPS) is 22.1. The van der Waals surface area contributed by atoms with Gasteiger partial charge in [0.15, 0.2) is 0 Å². The molecule has 0 aromatic heterocycles. The lowest BCUT2D eigenvalue weighted by Crippen LogP contribution is -2.21. The fraction of sp³-hybridized carbons (Fsp3) is 0.571. The van der Waals surface area contributed by atoms with Crippen molar-refractivity contribution in [2.75, 3.05) is 6.54 Å². The van der Waals surface area contributed by atoms with Gasteiger partial charge in [0.25, 0.3) is 0 Å². The molecule has 110 valence electrons. The molecule has 1 aromatic carbocycles. The Morgan fingerprint density at radius 1 is 1.35 bits per heavy atom. The fourth-order valence-electron chi connectivity index (χ4n) is 2.78. The predicted octanol–water partition coefficient (Wildman–Crippen LogP) is 3.40. The zero-order chi connectivity index (χ0) is 14.7. The lowest BCUT2D eigenvalue weighted by atomic mass is 10.1. The van der Waals surface area contributed by atoms with Crippen LogP contribution in [0.25, 0.3) is 0 Å². The van der Waals surface area contributed by atoms with Crippen LogP contribution in [0.5, 0.6) is 0 Å². The van der Waals surface area contributed by atoms with Crippen molar-refractivity contribution in [3.8, 4) is 0 Å². The highest BCUT2D eigenvalue weighted by Gasteiger charge is 2.21. The van der Waals surface area contributed by atoms with Crippen molar-refractivity contribution in [2.24, 2.45) is 11.8 Å². The molecule has 0 spiro atoms. The van der Waals surface area contributed by atoms with Crippen LogP contribution >= 0.6 is 0 Å². The van der Waals surface area contributed by atoms with E-state index in [9.17, 15) is 18.9 Å². The SMILES string of the molecule is CC1CCC(CNCc2cc([N+](=O)[O-])c(F)cc2F)C1. The van der Waals surface area contributed by atoms with Gasteiger partial charge in [0.1, 0.15) is 5.82 Å². The molecule has 2 atom stereocenters. The van der Waals surface area contributed by atoms with E-state index >= 15 is 0 Å². The van der Waals surface area contributed by atoms with E-state index in [1.54, 1.807) is 0 Å². The van der Waals surface area contributed by atoms with Crippen LogP contribution in [0, 0.1) is 33.6 Å². The highest BCUT2D eigenvalue weighted by atomic mass is 19.1. The Balaban J connectivity index is 1.95. The van der Waals surface area contributed by atoms with E-state index in [0.717, 1.165) is 31.4 Å². The van der Waals surface area contributed by atoms with Gasteiger partial charge in [-0.1, -0.05) is 13.3 Å². The van der Waals surface area contributed by atoms with Gasteiger partial charge in [-0.15, -0.1) is 0 Å². The van der Waals surface area contributed by atoms with E-state index in [-0.39, 0.29) is 12.1 Å². The third-order valence-electron chi connectivity index (χ3n) is 3.86. The molecule has 0 aliphatic heterocycles. The minimum atomic E-state index is -1.14. The maximum atomic E-state index is 13.6. The van der Waals surface area contributed by atoms with Crippen LogP contribution in [0.3, 0.4) is 0 Å². The molecular formula is C14H18F2N2O2. The average molecular weight is 284 g/mol. The van der Waals surface area contributed by atoms with Crippen molar-refractivity contribution in [2.45, 2.75) is 32.7 Å². The van der Waals surface area contributed by atoms with Gasteiger partial charge in [0.2, 0.25) is 5.82 Å². The molecule has 0 bridgehead atoms. The van der Waals surface area contributed by atoms with Gasteiger partial charge in [-0.3, -0.25) is 10.1 Å². The Bertz CT molecular complexity index is 508. The van der Waals surface area contributed by atoms with Crippen LogP contribution in [-0.2, 0) is 6.54 Å². The van der Waals surface area contributed by atoms with Crippen molar-refractivity contribution < 1.29 is 13.7 Å². The highest BCUT2D eigenvalue weighted by Crippen LogP contribution is 2.29. The maximum absolute atomic E-state index is 13.6. The Hall–Kier alpha value is -1.56. The summed E-state index contributed by atoms with van der Waals surface area (Å²) in [5, 5.41) is 13.7. The summed E-state index contributed by atoms with van der Waals surface area (Å²) in [5.41, 5.74) is -0.554. The van der Waals surface area contributed by atoms with E-state index in [4.69, 9.17) is 0 Å². The smallest absolute Gasteiger partial charge is 0.305 e. The van der Waals surface area contributed by atoms with E-state index in [1.165, 1.54) is 6.42 Å². The number of hydrogen-bond donors (Lipinski definition) is 1. The number of nitrogens with one attached hydrogen (secondary N) is 1. The lowest BCUT2D eigenvalue weighted by molar-refractivity contribution is -0.387. The number of benzene rings is 1. The first-order valence-corrected chi connectivity index (χ1v) is 6.80. The van der Waals surface area contributed by atoms with Crippen LogP contribution in [0.2, 0.25) is 0 Å². The monoisotopic (exact) mass is 284 g/mol. The molecule has 20 heavy (non-hydrogen) atoms. The Morgan fingerprint density at radius 3 is 2.70 bits per heavy atom. The molecule has 1 fully saturated rings. The van der Waals surface area contributed by atoms with E-state index in [1.807, 2.05) is 0 Å². The minimum Gasteiger partial charge on any atom is -0.312 e. The summed E-state index contributed by atoms with van der Waals surface area (Å²) in [4.78, 5) is 9.79. The molecule has 0 amide bonds. The quantitative estimate of drug-likeness (QED) is 0.666.